The van der Waals surface area contributed by atoms with Crippen molar-refractivity contribution in [2.45, 2.75) is 44.2 Å². The maximum absolute atomic E-state index is 5.82. The van der Waals surface area contributed by atoms with Crippen molar-refractivity contribution in [3.8, 4) is 0 Å². The van der Waals surface area contributed by atoms with Crippen LogP contribution in [0, 0.1) is 0 Å². The first-order valence-electron chi connectivity index (χ1n) is 10.5. The first-order chi connectivity index (χ1) is 13.7. The van der Waals surface area contributed by atoms with Crippen molar-refractivity contribution in [3.63, 3.8) is 0 Å². The lowest BCUT2D eigenvalue weighted by molar-refractivity contribution is -0.0857. The predicted molar refractivity (Wildman–Crippen MR) is 115 cm³/mol. The minimum atomic E-state index is -0.162. The first-order valence-corrected chi connectivity index (χ1v) is 10.5. The van der Waals surface area contributed by atoms with Gasteiger partial charge in [-0.15, -0.1) is 0 Å². The zero-order valence-electron chi connectivity index (χ0n) is 17.7. The van der Waals surface area contributed by atoms with E-state index in [0.29, 0.717) is 0 Å². The number of hydrogen-bond acceptors (Lipinski definition) is 4. The molecule has 28 heavy (non-hydrogen) atoms. The van der Waals surface area contributed by atoms with Crippen molar-refractivity contribution < 1.29 is 9.47 Å². The van der Waals surface area contributed by atoms with Crippen molar-refractivity contribution in [1.82, 2.24) is 10.2 Å². The summed E-state index contributed by atoms with van der Waals surface area (Å²) in [6.45, 7) is 5.45. The van der Waals surface area contributed by atoms with Crippen LogP contribution in [0.1, 0.15) is 37.7 Å². The molecular formula is C22H36N4O2. The monoisotopic (exact) mass is 388 g/mol. The number of nitrogens with zero attached hydrogens (tertiary/aromatic N) is 3. The average Bonchev–Trinajstić information content (AvgIpc) is 2.76. The van der Waals surface area contributed by atoms with E-state index >= 15 is 0 Å². The van der Waals surface area contributed by atoms with E-state index in [1.54, 1.807) is 7.11 Å². The first kappa shape index (κ1) is 20.9. The van der Waals surface area contributed by atoms with Gasteiger partial charge in [0.2, 0.25) is 0 Å². The number of anilines is 1. The molecule has 0 spiro atoms. The lowest BCUT2D eigenvalue weighted by atomic mass is 9.94. The molecule has 0 radical (unpaired) electrons. The van der Waals surface area contributed by atoms with Crippen LogP contribution in [-0.2, 0) is 16.0 Å². The van der Waals surface area contributed by atoms with Crippen LogP contribution >= 0.6 is 0 Å². The quantitative estimate of drug-likeness (QED) is 0.600. The highest BCUT2D eigenvalue weighted by Crippen LogP contribution is 2.24. The number of piperidine rings is 1. The molecule has 2 fully saturated rings. The second kappa shape index (κ2) is 10.1. The van der Waals surface area contributed by atoms with E-state index in [0.717, 1.165) is 45.1 Å². The Kier molecular flexibility index (Phi) is 7.57. The number of nitrogens with one attached hydrogen (secondary N) is 1. The highest BCUT2D eigenvalue weighted by atomic mass is 16.5. The Balaban J connectivity index is 1.53. The third-order valence-corrected chi connectivity index (χ3v) is 6.06. The molecule has 0 aromatic heterocycles. The van der Waals surface area contributed by atoms with Gasteiger partial charge in [0.1, 0.15) is 0 Å². The van der Waals surface area contributed by atoms with Gasteiger partial charge in [-0.2, -0.15) is 0 Å². The van der Waals surface area contributed by atoms with Gasteiger partial charge in [-0.25, -0.2) is 0 Å². The van der Waals surface area contributed by atoms with Crippen molar-refractivity contribution in [2.24, 2.45) is 4.99 Å². The van der Waals surface area contributed by atoms with Crippen molar-refractivity contribution in [2.75, 3.05) is 59.0 Å². The fourth-order valence-electron chi connectivity index (χ4n) is 4.13. The Morgan fingerprint density at radius 1 is 1.18 bits per heavy atom. The average molecular weight is 389 g/mol. The Labute approximate surface area is 169 Å². The Bertz CT molecular complexity index is 620. The van der Waals surface area contributed by atoms with Crippen LogP contribution in [0.2, 0.25) is 0 Å². The second-order valence-corrected chi connectivity index (χ2v) is 7.97. The van der Waals surface area contributed by atoms with E-state index in [1.165, 1.54) is 43.6 Å². The van der Waals surface area contributed by atoms with Crippen LogP contribution in [0.5, 0.6) is 0 Å². The molecule has 1 aromatic rings. The molecule has 0 amide bonds. The third kappa shape index (κ3) is 5.39. The van der Waals surface area contributed by atoms with E-state index in [4.69, 9.17) is 9.47 Å². The fourth-order valence-corrected chi connectivity index (χ4v) is 4.13. The zero-order valence-corrected chi connectivity index (χ0v) is 17.7. The third-order valence-electron chi connectivity index (χ3n) is 6.06. The second-order valence-electron chi connectivity index (χ2n) is 7.97. The minimum absolute atomic E-state index is 0.162. The summed E-state index contributed by atoms with van der Waals surface area (Å²) in [5.41, 5.74) is 2.47. The molecule has 2 aliphatic rings. The molecule has 0 aliphatic carbocycles. The Morgan fingerprint density at radius 3 is 2.46 bits per heavy atom. The molecule has 2 saturated heterocycles. The molecule has 6 nitrogen and oxygen atoms in total. The molecule has 2 heterocycles. The molecule has 2 aliphatic heterocycles. The molecule has 156 valence electrons. The van der Waals surface area contributed by atoms with Gasteiger partial charge in [-0.05, 0) is 37.0 Å². The summed E-state index contributed by atoms with van der Waals surface area (Å²) in [4.78, 5) is 9.12. The minimum Gasteiger partial charge on any atom is -0.381 e. The van der Waals surface area contributed by atoms with Crippen molar-refractivity contribution >= 4 is 11.6 Å². The maximum Gasteiger partial charge on any atom is 0.193 e. The van der Waals surface area contributed by atoms with Crippen molar-refractivity contribution in [3.05, 3.63) is 29.8 Å². The molecule has 0 bridgehead atoms. The van der Waals surface area contributed by atoms with Crippen LogP contribution in [0.3, 0.4) is 0 Å². The molecule has 1 aromatic carbocycles. The molecule has 0 unspecified atom stereocenters. The van der Waals surface area contributed by atoms with Gasteiger partial charge in [-0.3, -0.25) is 4.99 Å². The number of aliphatic imine (C=N–C) groups is 1. The molecule has 3 rings (SSSR count). The van der Waals surface area contributed by atoms with Crippen LogP contribution in [-0.4, -0.2) is 70.5 Å². The summed E-state index contributed by atoms with van der Waals surface area (Å²) in [5, 5.41) is 3.50. The number of benzene rings is 1. The van der Waals surface area contributed by atoms with Crippen LogP contribution < -0.4 is 10.2 Å². The standard InChI is InChI=1S/C22H36N4O2/c1-23-21(24-18-22(27-3)11-15-28-16-12-22)25(2)17-19-7-9-20(10-8-19)26-13-5-4-6-14-26/h7-10H,4-6,11-18H2,1-3H3,(H,23,24). The Morgan fingerprint density at radius 2 is 1.86 bits per heavy atom. The number of methoxy groups -OCH3 is 1. The predicted octanol–water partition coefficient (Wildman–Crippen LogP) is 2.88. The zero-order chi connectivity index (χ0) is 19.8. The largest absolute Gasteiger partial charge is 0.381 e. The SMILES string of the molecule is CN=C(NCC1(OC)CCOCC1)N(C)Cc1ccc(N2CCCCC2)cc1. The number of guanidine groups is 1. The van der Waals surface area contributed by atoms with Gasteiger partial charge in [-0.1, -0.05) is 12.1 Å². The van der Waals surface area contributed by atoms with Gasteiger partial charge in [0, 0.05) is 79.1 Å². The number of hydrogen-bond donors (Lipinski definition) is 1. The van der Waals surface area contributed by atoms with Crippen LogP contribution in [0.4, 0.5) is 5.69 Å². The molecule has 0 saturated carbocycles. The normalized spacial score (nSPS) is 20.1. The van der Waals surface area contributed by atoms with Crippen LogP contribution in [0.25, 0.3) is 0 Å². The lowest BCUT2D eigenvalue weighted by Gasteiger charge is -2.37. The molecule has 1 N–H and O–H groups in total. The van der Waals surface area contributed by atoms with E-state index in [9.17, 15) is 0 Å². The van der Waals surface area contributed by atoms with E-state index in [2.05, 4.69) is 51.4 Å². The summed E-state index contributed by atoms with van der Waals surface area (Å²) in [6.07, 6.45) is 5.80. The summed E-state index contributed by atoms with van der Waals surface area (Å²) in [6, 6.07) is 8.99. The smallest absolute Gasteiger partial charge is 0.193 e. The fraction of sp³-hybridized carbons (Fsp3) is 0.682. The Hall–Kier alpha value is -1.79. The number of ether oxygens (including phenoxy) is 2. The highest BCUT2D eigenvalue weighted by molar-refractivity contribution is 5.79. The summed E-state index contributed by atoms with van der Waals surface area (Å²) < 4.78 is 11.3. The van der Waals surface area contributed by atoms with Gasteiger partial charge < -0.3 is 24.6 Å². The summed E-state index contributed by atoms with van der Waals surface area (Å²) in [5.74, 6) is 0.892. The van der Waals surface area contributed by atoms with Crippen molar-refractivity contribution in [1.29, 1.82) is 0 Å². The molecule has 0 atom stereocenters. The highest BCUT2D eigenvalue weighted by Gasteiger charge is 2.32. The van der Waals surface area contributed by atoms with E-state index in [1.807, 2.05) is 7.05 Å². The van der Waals surface area contributed by atoms with Gasteiger partial charge >= 0.3 is 0 Å². The van der Waals surface area contributed by atoms with Gasteiger partial charge in [0.15, 0.2) is 5.96 Å². The van der Waals surface area contributed by atoms with Crippen LogP contribution in [0.15, 0.2) is 29.3 Å². The van der Waals surface area contributed by atoms with E-state index in [-0.39, 0.29) is 5.60 Å². The van der Waals surface area contributed by atoms with Gasteiger partial charge in [0.05, 0.1) is 5.60 Å². The molecule has 6 heteroatoms. The topological polar surface area (TPSA) is 49.3 Å². The summed E-state index contributed by atoms with van der Waals surface area (Å²) >= 11 is 0. The number of rotatable bonds is 6. The molecular weight excluding hydrogens is 352 g/mol. The lowest BCUT2D eigenvalue weighted by Crippen LogP contribution is -2.50. The maximum atomic E-state index is 5.82. The summed E-state index contributed by atoms with van der Waals surface area (Å²) in [7, 11) is 5.71. The van der Waals surface area contributed by atoms with Gasteiger partial charge in [0.25, 0.3) is 0 Å². The van der Waals surface area contributed by atoms with E-state index < -0.39 is 0 Å².